The number of aromatic amines is 2. The van der Waals surface area contributed by atoms with Crippen LogP contribution in [-0.4, -0.2) is 15.0 Å². The Hall–Kier alpha value is -2.40. The minimum absolute atomic E-state index is 0.187. The van der Waals surface area contributed by atoms with Gasteiger partial charge in [-0.15, -0.1) is 0 Å². The van der Waals surface area contributed by atoms with Crippen LogP contribution in [0, 0.1) is 11.8 Å². The number of rotatable bonds is 4. The van der Waals surface area contributed by atoms with Crippen molar-refractivity contribution in [2.45, 2.75) is 44.4 Å². The Morgan fingerprint density at radius 1 is 1.11 bits per heavy atom. The smallest absolute Gasteiger partial charge is 0.311 e. The molecule has 0 saturated heterocycles. The van der Waals surface area contributed by atoms with Gasteiger partial charge in [-0.2, -0.15) is 0 Å². The van der Waals surface area contributed by atoms with Crippen LogP contribution < -0.4 is 11.2 Å². The van der Waals surface area contributed by atoms with Crippen LogP contribution in [0.4, 0.5) is 0 Å². The van der Waals surface area contributed by atoms with Crippen LogP contribution in [0.3, 0.4) is 0 Å². The first-order valence-corrected chi connectivity index (χ1v) is 10.3. The largest absolute Gasteiger partial charge is 0.325 e. The number of nitrogens with one attached hydrogen (secondary N) is 2. The summed E-state index contributed by atoms with van der Waals surface area (Å²) >= 11 is 6.24. The van der Waals surface area contributed by atoms with Gasteiger partial charge in [0.15, 0.2) is 0 Å². The summed E-state index contributed by atoms with van der Waals surface area (Å²) in [7, 11) is 0. The van der Waals surface area contributed by atoms with Gasteiger partial charge >= 0.3 is 5.69 Å². The van der Waals surface area contributed by atoms with Crippen molar-refractivity contribution in [3.8, 4) is 0 Å². The van der Waals surface area contributed by atoms with Crippen LogP contribution in [0.2, 0.25) is 5.02 Å². The first-order chi connectivity index (χ1) is 13.6. The summed E-state index contributed by atoms with van der Waals surface area (Å²) in [5.41, 5.74) is 1.19. The molecule has 1 saturated carbocycles. The fourth-order valence-corrected chi connectivity index (χ4v) is 4.74. The van der Waals surface area contributed by atoms with E-state index in [0.29, 0.717) is 34.5 Å². The van der Waals surface area contributed by atoms with Crippen LogP contribution in [0.5, 0.6) is 0 Å². The lowest BCUT2D eigenvalue weighted by atomic mass is 9.72. The number of allylic oxidation sites excluding steroid dienone is 4. The van der Waals surface area contributed by atoms with Gasteiger partial charge in [0.1, 0.15) is 0 Å². The number of aromatic nitrogens is 3. The maximum absolute atomic E-state index is 12.6. The van der Waals surface area contributed by atoms with Crippen molar-refractivity contribution in [3.63, 3.8) is 0 Å². The van der Waals surface area contributed by atoms with Gasteiger partial charge < -0.3 is 4.98 Å². The van der Waals surface area contributed by atoms with Gasteiger partial charge in [-0.3, -0.25) is 14.8 Å². The second kappa shape index (κ2) is 8.31. The highest BCUT2D eigenvalue weighted by molar-refractivity contribution is 6.31. The van der Waals surface area contributed by atoms with Gasteiger partial charge in [-0.1, -0.05) is 35.9 Å². The summed E-state index contributed by atoms with van der Waals surface area (Å²) in [6.45, 7) is 0. The summed E-state index contributed by atoms with van der Waals surface area (Å²) in [6.07, 6.45) is 16.0. The monoisotopic (exact) mass is 397 g/mol. The van der Waals surface area contributed by atoms with Crippen LogP contribution in [0.15, 0.2) is 52.2 Å². The topological polar surface area (TPSA) is 78.6 Å². The molecule has 4 rings (SSSR count). The third-order valence-corrected chi connectivity index (χ3v) is 6.40. The van der Waals surface area contributed by atoms with Crippen molar-refractivity contribution in [3.05, 3.63) is 85.4 Å². The van der Waals surface area contributed by atoms with E-state index in [1.807, 2.05) is 0 Å². The van der Waals surface area contributed by atoms with Gasteiger partial charge in [0.25, 0.3) is 5.56 Å². The Morgan fingerprint density at radius 2 is 1.93 bits per heavy atom. The molecule has 2 aromatic heterocycles. The second-order valence-corrected chi connectivity index (χ2v) is 8.14. The number of hydrogen-bond acceptors (Lipinski definition) is 3. The van der Waals surface area contributed by atoms with Crippen LogP contribution >= 0.6 is 11.6 Å². The molecule has 0 aromatic carbocycles. The average molecular weight is 398 g/mol. The van der Waals surface area contributed by atoms with Gasteiger partial charge in [-0.05, 0) is 62.0 Å². The molecule has 2 heterocycles. The van der Waals surface area contributed by atoms with E-state index >= 15 is 0 Å². The summed E-state index contributed by atoms with van der Waals surface area (Å²) < 4.78 is 0. The molecule has 28 heavy (non-hydrogen) atoms. The minimum Gasteiger partial charge on any atom is -0.311 e. The molecule has 6 heteroatoms. The maximum atomic E-state index is 12.6. The Kier molecular flexibility index (Phi) is 5.62. The Balaban J connectivity index is 1.57. The lowest BCUT2D eigenvalue weighted by Gasteiger charge is -2.33. The van der Waals surface area contributed by atoms with Gasteiger partial charge in [0, 0.05) is 23.9 Å². The molecule has 2 N–H and O–H groups in total. The number of pyridine rings is 1. The predicted molar refractivity (Wildman–Crippen MR) is 111 cm³/mol. The van der Waals surface area contributed by atoms with Crippen molar-refractivity contribution in [2.24, 2.45) is 11.8 Å². The first-order valence-electron chi connectivity index (χ1n) is 9.90. The molecule has 2 aliphatic rings. The van der Waals surface area contributed by atoms with Gasteiger partial charge in [0.05, 0.1) is 10.7 Å². The fraction of sp³-hybridized carbons (Fsp3) is 0.409. The zero-order chi connectivity index (χ0) is 19.5. The number of hydrogen-bond donors (Lipinski definition) is 2. The highest BCUT2D eigenvalue weighted by Crippen LogP contribution is 2.40. The predicted octanol–water partition coefficient (Wildman–Crippen LogP) is 4.11. The minimum atomic E-state index is -0.446. The fourth-order valence-electron chi connectivity index (χ4n) is 4.56. The van der Waals surface area contributed by atoms with Crippen molar-refractivity contribution in [1.29, 1.82) is 0 Å². The van der Waals surface area contributed by atoms with Crippen LogP contribution in [0.1, 0.15) is 55.0 Å². The summed E-state index contributed by atoms with van der Waals surface area (Å²) in [4.78, 5) is 34.1. The highest BCUT2D eigenvalue weighted by Gasteiger charge is 2.29. The van der Waals surface area contributed by atoms with Crippen molar-refractivity contribution in [1.82, 2.24) is 15.0 Å². The summed E-state index contributed by atoms with van der Waals surface area (Å²) in [5.74, 6) is 1.46. The molecule has 1 atom stereocenters. The molecule has 146 valence electrons. The molecular formula is C22H24ClN3O2. The van der Waals surface area contributed by atoms with E-state index in [9.17, 15) is 9.59 Å². The third kappa shape index (κ3) is 4.04. The second-order valence-electron chi connectivity index (χ2n) is 7.73. The van der Waals surface area contributed by atoms with E-state index in [1.54, 1.807) is 18.3 Å². The molecule has 0 spiro atoms. The van der Waals surface area contributed by atoms with E-state index in [0.717, 1.165) is 37.8 Å². The average Bonchev–Trinajstić information content (AvgIpc) is 2.72. The number of nitrogens with zero attached hydrogens (tertiary/aromatic N) is 1. The molecule has 0 radical (unpaired) electrons. The SMILES string of the molecule is O=c1[nH]c(=O)c(Cc2ncccc2Cl)c([C@H]2CC[C@H](C3C=CC=CC3)CC2)[nH]1. The van der Waals surface area contributed by atoms with E-state index < -0.39 is 5.69 Å². The molecule has 0 bridgehead atoms. The zero-order valence-electron chi connectivity index (χ0n) is 15.7. The van der Waals surface area contributed by atoms with Crippen molar-refractivity contribution in [2.75, 3.05) is 0 Å². The molecule has 1 unspecified atom stereocenters. The quantitative estimate of drug-likeness (QED) is 0.814. The Labute approximate surface area is 168 Å². The molecular weight excluding hydrogens is 374 g/mol. The lowest BCUT2D eigenvalue weighted by molar-refractivity contribution is 0.262. The van der Waals surface area contributed by atoms with E-state index in [4.69, 9.17) is 11.6 Å². The van der Waals surface area contributed by atoms with E-state index in [-0.39, 0.29) is 11.5 Å². The molecule has 1 fully saturated rings. The van der Waals surface area contributed by atoms with Crippen LogP contribution in [0.25, 0.3) is 0 Å². The third-order valence-electron chi connectivity index (χ3n) is 6.05. The molecule has 0 amide bonds. The summed E-state index contributed by atoms with van der Waals surface area (Å²) in [5, 5.41) is 0.528. The Morgan fingerprint density at radius 3 is 2.64 bits per heavy atom. The van der Waals surface area contributed by atoms with Gasteiger partial charge in [0.2, 0.25) is 0 Å². The van der Waals surface area contributed by atoms with E-state index in [2.05, 4.69) is 39.3 Å². The van der Waals surface area contributed by atoms with Crippen molar-refractivity contribution < 1.29 is 0 Å². The normalized spacial score (nSPS) is 24.4. The van der Waals surface area contributed by atoms with E-state index in [1.165, 1.54) is 0 Å². The molecule has 5 nitrogen and oxygen atoms in total. The highest BCUT2D eigenvalue weighted by atomic mass is 35.5. The standard InChI is InChI=1S/C22H24ClN3O2/c23-18-7-4-12-24-19(18)13-17-20(25-22(28)26-21(17)27)16-10-8-15(9-11-16)14-5-2-1-3-6-14/h1-5,7,12,14-16H,6,8-11,13H2,(H2,25,26,27,28)/t14?,15-,16-. The number of halogens is 1. The van der Waals surface area contributed by atoms with Gasteiger partial charge in [-0.25, -0.2) is 4.79 Å². The zero-order valence-corrected chi connectivity index (χ0v) is 16.4. The Bertz CT molecular complexity index is 1010. The van der Waals surface area contributed by atoms with Crippen molar-refractivity contribution >= 4 is 11.6 Å². The maximum Gasteiger partial charge on any atom is 0.325 e. The summed E-state index contributed by atoms with van der Waals surface area (Å²) in [6, 6.07) is 3.53. The molecule has 2 aliphatic carbocycles. The number of H-pyrrole nitrogens is 2. The lowest BCUT2D eigenvalue weighted by Crippen LogP contribution is -2.31. The molecule has 0 aliphatic heterocycles. The molecule has 2 aromatic rings. The van der Waals surface area contributed by atoms with Crippen LogP contribution in [-0.2, 0) is 6.42 Å². The first kappa shape index (κ1) is 18.9.